The van der Waals surface area contributed by atoms with Crippen LogP contribution in [-0.4, -0.2) is 28.4 Å². The molecular weight excluding hydrogens is 290 g/mol. The lowest BCUT2D eigenvalue weighted by Gasteiger charge is -2.05. The van der Waals surface area contributed by atoms with E-state index in [0.717, 1.165) is 18.5 Å². The molecule has 2 N–H and O–H groups in total. The molecule has 0 saturated carbocycles. The minimum atomic E-state index is -3.64. The molecule has 7 nitrogen and oxygen atoms in total. The first kappa shape index (κ1) is 15.6. The molecule has 2 aromatic heterocycles. The van der Waals surface area contributed by atoms with Gasteiger partial charge in [-0.3, -0.25) is 14.5 Å². The number of rotatable bonds is 7. The highest BCUT2D eigenvalue weighted by atomic mass is 32.2. The van der Waals surface area contributed by atoms with Gasteiger partial charge in [0.1, 0.15) is 4.90 Å². The fourth-order valence-corrected chi connectivity index (χ4v) is 3.03. The van der Waals surface area contributed by atoms with Crippen molar-refractivity contribution in [3.63, 3.8) is 0 Å². The zero-order valence-corrected chi connectivity index (χ0v) is 13.3. The van der Waals surface area contributed by atoms with Crippen LogP contribution in [0.2, 0.25) is 0 Å². The molecule has 0 aliphatic rings. The number of nitrogens with zero attached hydrogens (tertiary/aromatic N) is 3. The van der Waals surface area contributed by atoms with E-state index in [1.165, 1.54) is 12.4 Å². The lowest BCUT2D eigenvalue weighted by molar-refractivity contribution is 0.600. The van der Waals surface area contributed by atoms with E-state index < -0.39 is 10.0 Å². The third-order valence-electron chi connectivity index (χ3n) is 3.33. The first-order valence-corrected chi connectivity index (χ1v) is 8.55. The van der Waals surface area contributed by atoms with E-state index in [0.29, 0.717) is 18.3 Å². The first-order chi connectivity index (χ1) is 9.96. The number of sulfonamides is 1. The van der Waals surface area contributed by atoms with Crippen LogP contribution in [0.15, 0.2) is 23.4 Å². The van der Waals surface area contributed by atoms with E-state index in [1.54, 1.807) is 10.7 Å². The molecule has 8 heteroatoms. The molecule has 0 aromatic carbocycles. The van der Waals surface area contributed by atoms with E-state index >= 15 is 0 Å². The molecule has 1 atom stereocenters. The van der Waals surface area contributed by atoms with Crippen molar-refractivity contribution in [1.82, 2.24) is 20.0 Å². The highest BCUT2D eigenvalue weighted by Gasteiger charge is 2.18. The van der Waals surface area contributed by atoms with Crippen LogP contribution in [0.5, 0.6) is 0 Å². The molecule has 0 aliphatic carbocycles. The maximum Gasteiger partial charge on any atom is 0.266 e. The summed E-state index contributed by atoms with van der Waals surface area (Å²) < 4.78 is 28.5. The van der Waals surface area contributed by atoms with Crippen LogP contribution < -0.4 is 4.72 Å². The van der Waals surface area contributed by atoms with Crippen molar-refractivity contribution in [3.05, 3.63) is 24.2 Å². The van der Waals surface area contributed by atoms with Crippen molar-refractivity contribution in [3.8, 4) is 0 Å². The molecule has 0 bridgehead atoms. The maximum absolute atomic E-state index is 12.2. The largest absolute Gasteiger partial charge is 0.280 e. The van der Waals surface area contributed by atoms with Crippen molar-refractivity contribution >= 4 is 15.8 Å². The van der Waals surface area contributed by atoms with Crippen LogP contribution in [0, 0.1) is 0 Å². The van der Waals surface area contributed by atoms with Crippen molar-refractivity contribution in [1.29, 1.82) is 0 Å². The van der Waals surface area contributed by atoms with E-state index in [1.807, 2.05) is 6.92 Å². The molecule has 2 rings (SSSR count). The third kappa shape index (κ3) is 3.63. The van der Waals surface area contributed by atoms with Crippen LogP contribution in [0.4, 0.5) is 5.82 Å². The average Bonchev–Trinajstić information content (AvgIpc) is 3.07. The van der Waals surface area contributed by atoms with E-state index in [-0.39, 0.29) is 4.90 Å². The van der Waals surface area contributed by atoms with Gasteiger partial charge >= 0.3 is 0 Å². The lowest BCUT2D eigenvalue weighted by Crippen LogP contribution is -2.12. The topological polar surface area (TPSA) is 92.7 Å². The Labute approximate surface area is 124 Å². The molecule has 0 aliphatic heterocycles. The van der Waals surface area contributed by atoms with Gasteiger partial charge in [-0.2, -0.15) is 10.2 Å². The van der Waals surface area contributed by atoms with Crippen molar-refractivity contribution in [2.45, 2.75) is 51.0 Å². The summed E-state index contributed by atoms with van der Waals surface area (Å²) in [7, 11) is -3.64. The molecule has 0 amide bonds. The zero-order valence-electron chi connectivity index (χ0n) is 12.5. The van der Waals surface area contributed by atoms with Crippen LogP contribution >= 0.6 is 0 Å². The number of aromatic amines is 1. The van der Waals surface area contributed by atoms with Gasteiger partial charge in [0.15, 0.2) is 5.82 Å². The predicted octanol–water partition coefficient (Wildman–Crippen LogP) is 2.33. The quantitative estimate of drug-likeness (QED) is 0.820. The lowest BCUT2D eigenvalue weighted by atomic mass is 10.0. The summed E-state index contributed by atoms with van der Waals surface area (Å²) in [4.78, 5) is 0.135. The summed E-state index contributed by atoms with van der Waals surface area (Å²) in [6.45, 7) is 6.71. The second kappa shape index (κ2) is 6.30. The zero-order chi connectivity index (χ0) is 15.5. The Balaban J connectivity index is 2.13. The second-order valence-electron chi connectivity index (χ2n) is 5.04. The third-order valence-corrected chi connectivity index (χ3v) is 4.64. The van der Waals surface area contributed by atoms with Crippen molar-refractivity contribution in [2.75, 3.05) is 4.72 Å². The predicted molar refractivity (Wildman–Crippen MR) is 80.6 cm³/mol. The number of H-pyrrole nitrogens is 1. The normalized spacial score (nSPS) is 13.3. The molecule has 116 valence electrons. The fourth-order valence-electron chi connectivity index (χ4n) is 2.08. The van der Waals surface area contributed by atoms with Gasteiger partial charge < -0.3 is 0 Å². The van der Waals surface area contributed by atoms with Gasteiger partial charge in [-0.15, -0.1) is 0 Å². The van der Waals surface area contributed by atoms with Gasteiger partial charge in [0.25, 0.3) is 10.0 Å². The number of aryl methyl sites for hydroxylation is 1. The summed E-state index contributed by atoms with van der Waals surface area (Å²) in [5, 5.41) is 10.9. The number of hydrogen-bond acceptors (Lipinski definition) is 4. The number of anilines is 1. The Morgan fingerprint density at radius 2 is 2.19 bits per heavy atom. The second-order valence-corrected chi connectivity index (χ2v) is 6.72. The highest BCUT2D eigenvalue weighted by molar-refractivity contribution is 7.92. The molecule has 0 saturated heterocycles. The van der Waals surface area contributed by atoms with Crippen LogP contribution in [0.25, 0.3) is 0 Å². The van der Waals surface area contributed by atoms with E-state index in [4.69, 9.17) is 0 Å². The summed E-state index contributed by atoms with van der Waals surface area (Å²) in [6.07, 6.45) is 4.92. The standard InChI is InChI=1S/C13H21N5O2S/c1-4-6-10(3)12-7-13(16-15-12)17-21(19,20)11-8-14-18(5-2)9-11/h7-10H,4-6H2,1-3H3,(H2,15,16,17). The summed E-state index contributed by atoms with van der Waals surface area (Å²) >= 11 is 0. The summed E-state index contributed by atoms with van der Waals surface area (Å²) in [5.41, 5.74) is 0.929. The molecule has 21 heavy (non-hydrogen) atoms. The Hall–Kier alpha value is -1.83. The minimum absolute atomic E-state index is 0.135. The molecule has 0 spiro atoms. The average molecular weight is 311 g/mol. The first-order valence-electron chi connectivity index (χ1n) is 7.06. The summed E-state index contributed by atoms with van der Waals surface area (Å²) in [6, 6.07) is 1.74. The molecule has 2 aromatic rings. The summed E-state index contributed by atoms with van der Waals surface area (Å²) in [5.74, 6) is 0.626. The van der Waals surface area contributed by atoms with Gasteiger partial charge in [0.2, 0.25) is 0 Å². The molecular formula is C13H21N5O2S. The van der Waals surface area contributed by atoms with Crippen LogP contribution in [0.1, 0.15) is 45.2 Å². The SMILES string of the molecule is CCCC(C)c1cc(NS(=O)(=O)c2cnn(CC)c2)n[nH]1. The number of hydrogen-bond donors (Lipinski definition) is 2. The van der Waals surface area contributed by atoms with Gasteiger partial charge in [0, 0.05) is 24.5 Å². The Bertz CT molecular complexity index is 689. The van der Waals surface area contributed by atoms with Crippen molar-refractivity contribution in [2.24, 2.45) is 0 Å². The monoisotopic (exact) mass is 311 g/mol. The van der Waals surface area contributed by atoms with Crippen LogP contribution in [-0.2, 0) is 16.6 Å². The van der Waals surface area contributed by atoms with Crippen molar-refractivity contribution < 1.29 is 8.42 Å². The van der Waals surface area contributed by atoms with Gasteiger partial charge in [-0.1, -0.05) is 20.3 Å². The van der Waals surface area contributed by atoms with Gasteiger partial charge in [0.05, 0.1) is 6.20 Å². The van der Waals surface area contributed by atoms with Gasteiger partial charge in [-0.25, -0.2) is 8.42 Å². The molecule has 0 radical (unpaired) electrons. The Kier molecular flexibility index (Phi) is 4.66. The molecule has 2 heterocycles. The Morgan fingerprint density at radius 3 is 2.81 bits per heavy atom. The molecule has 1 unspecified atom stereocenters. The van der Waals surface area contributed by atoms with E-state index in [9.17, 15) is 8.42 Å². The minimum Gasteiger partial charge on any atom is -0.280 e. The number of aromatic nitrogens is 4. The number of nitrogens with one attached hydrogen (secondary N) is 2. The smallest absolute Gasteiger partial charge is 0.266 e. The van der Waals surface area contributed by atoms with Crippen LogP contribution in [0.3, 0.4) is 0 Å². The van der Waals surface area contributed by atoms with Gasteiger partial charge in [-0.05, 0) is 19.3 Å². The maximum atomic E-state index is 12.2. The van der Waals surface area contributed by atoms with E-state index in [2.05, 4.69) is 33.9 Å². The highest BCUT2D eigenvalue weighted by Crippen LogP contribution is 2.22. The molecule has 0 fully saturated rings. The Morgan fingerprint density at radius 1 is 1.43 bits per heavy atom. The fraction of sp³-hybridized carbons (Fsp3) is 0.538.